The van der Waals surface area contributed by atoms with Crippen molar-refractivity contribution in [2.24, 2.45) is 0 Å². The molecule has 0 saturated heterocycles. The summed E-state index contributed by atoms with van der Waals surface area (Å²) in [6, 6.07) is 30.3. The quantitative estimate of drug-likeness (QED) is 0.473. The van der Waals surface area contributed by atoms with E-state index in [1.807, 2.05) is 84.9 Å². The fourth-order valence-electron chi connectivity index (χ4n) is 2.91. The van der Waals surface area contributed by atoms with Crippen LogP contribution in [-0.2, 0) is 0 Å². The van der Waals surface area contributed by atoms with Crippen LogP contribution in [0.1, 0.15) is 0 Å². The molecule has 0 spiro atoms. The molecule has 0 amide bonds. The summed E-state index contributed by atoms with van der Waals surface area (Å²) >= 11 is 1.23. The minimum absolute atomic E-state index is 0. The Morgan fingerprint density at radius 3 is 1.25 bits per heavy atom. The summed E-state index contributed by atoms with van der Waals surface area (Å²) in [4.78, 5) is 1.11. The molecule has 0 radical (unpaired) electrons. The largest absolute Gasteiger partial charge is 2.00 e. The fraction of sp³-hybridized carbons (Fsp3) is 0. The van der Waals surface area contributed by atoms with E-state index in [2.05, 4.69) is 0 Å². The van der Waals surface area contributed by atoms with Crippen LogP contribution in [0.5, 0.6) is 11.5 Å². The molecular weight excluding hydrogens is 361 g/mol. The van der Waals surface area contributed by atoms with Gasteiger partial charge in [0.05, 0.1) is 0 Å². The Balaban J connectivity index is 0.00000225. The van der Waals surface area contributed by atoms with Crippen molar-refractivity contribution in [3.63, 3.8) is 0 Å². The molecule has 4 aromatic carbocycles. The van der Waals surface area contributed by atoms with Crippen molar-refractivity contribution >= 4 is 21.9 Å². The molecule has 0 saturated carbocycles. The van der Waals surface area contributed by atoms with Crippen LogP contribution in [0.25, 0.3) is 22.3 Å². The van der Waals surface area contributed by atoms with Crippen LogP contribution in [-0.4, -0.2) is 10.1 Å². The van der Waals surface area contributed by atoms with Crippen molar-refractivity contribution in [2.75, 3.05) is 0 Å². The summed E-state index contributed by atoms with van der Waals surface area (Å²) < 4.78 is 0. The van der Waals surface area contributed by atoms with Crippen LogP contribution in [0.3, 0.4) is 0 Å². The van der Waals surface area contributed by atoms with Gasteiger partial charge in [0, 0.05) is 9.79 Å². The van der Waals surface area contributed by atoms with Gasteiger partial charge in [-0.2, -0.15) is 0 Å². The van der Waals surface area contributed by atoms with Crippen LogP contribution < -0.4 is 10.2 Å². The number of benzene rings is 4. The summed E-state index contributed by atoms with van der Waals surface area (Å²) in [6.45, 7) is 0. The zero-order valence-corrected chi connectivity index (χ0v) is 16.0. The maximum atomic E-state index is 12.4. The van der Waals surface area contributed by atoms with Gasteiger partial charge >= 0.3 is 10.1 Å². The molecule has 0 aliphatic carbocycles. The molecule has 0 heterocycles. The van der Waals surface area contributed by atoms with Gasteiger partial charge < -0.3 is 10.2 Å². The van der Waals surface area contributed by atoms with Crippen molar-refractivity contribution < 1.29 is 10.2 Å². The molecule has 4 rings (SSSR count). The van der Waals surface area contributed by atoms with Crippen LogP contribution in [0.2, 0.25) is 0 Å². The molecule has 4 heteroatoms. The van der Waals surface area contributed by atoms with E-state index in [0.717, 1.165) is 22.3 Å². The number of hydrogen-bond donors (Lipinski definition) is 0. The first kappa shape index (κ1) is 19.8. The molecule has 0 atom stereocenters. The Morgan fingerprint density at radius 2 is 0.857 bits per heavy atom. The van der Waals surface area contributed by atoms with E-state index in [1.54, 1.807) is 12.1 Å². The SMILES string of the molecule is [Be+2].[O-]c1ccc(-c2ccccc2)cc1Sc1cc(-c2ccccc2)ccc1[O-]. The maximum Gasteiger partial charge on any atom is 2.00 e. The molecular formula is C24H16BeO2S. The van der Waals surface area contributed by atoms with Gasteiger partial charge in [-0.1, -0.05) is 108 Å². The summed E-state index contributed by atoms with van der Waals surface area (Å²) in [7, 11) is 0. The van der Waals surface area contributed by atoms with Gasteiger partial charge in [0.2, 0.25) is 0 Å². The average molecular weight is 377 g/mol. The molecule has 0 unspecified atom stereocenters. The predicted molar refractivity (Wildman–Crippen MR) is 113 cm³/mol. The predicted octanol–water partition coefficient (Wildman–Crippen LogP) is 4.94. The van der Waals surface area contributed by atoms with Gasteiger partial charge in [-0.3, -0.25) is 0 Å². The Morgan fingerprint density at radius 1 is 0.464 bits per heavy atom. The zero-order chi connectivity index (χ0) is 18.6. The van der Waals surface area contributed by atoms with Crippen LogP contribution in [0.4, 0.5) is 0 Å². The Kier molecular flexibility index (Phi) is 6.20. The second kappa shape index (κ2) is 8.79. The monoisotopic (exact) mass is 377 g/mol. The molecule has 28 heavy (non-hydrogen) atoms. The fourth-order valence-corrected chi connectivity index (χ4v) is 3.86. The third-order valence-electron chi connectivity index (χ3n) is 4.32. The Labute approximate surface area is 172 Å². The first-order chi connectivity index (χ1) is 13.2. The van der Waals surface area contributed by atoms with E-state index < -0.39 is 0 Å². The van der Waals surface area contributed by atoms with E-state index in [9.17, 15) is 10.2 Å². The molecule has 4 aromatic rings. The van der Waals surface area contributed by atoms with Gasteiger partial charge in [0.1, 0.15) is 0 Å². The minimum Gasteiger partial charge on any atom is -0.872 e. The van der Waals surface area contributed by atoms with E-state index in [4.69, 9.17) is 0 Å². The topological polar surface area (TPSA) is 46.1 Å². The number of rotatable bonds is 4. The Bertz CT molecular complexity index is 979. The van der Waals surface area contributed by atoms with Gasteiger partial charge in [-0.25, -0.2) is 0 Å². The second-order valence-corrected chi connectivity index (χ2v) is 7.24. The first-order valence-corrected chi connectivity index (χ1v) is 9.43. The third kappa shape index (κ3) is 4.28. The first-order valence-electron chi connectivity index (χ1n) is 8.61. The summed E-state index contributed by atoms with van der Waals surface area (Å²) in [5.74, 6) is -0.159. The van der Waals surface area contributed by atoms with E-state index in [0.29, 0.717) is 9.79 Å². The van der Waals surface area contributed by atoms with E-state index >= 15 is 0 Å². The van der Waals surface area contributed by atoms with Crippen LogP contribution in [0, 0.1) is 0 Å². The average Bonchev–Trinajstić information content (AvgIpc) is 2.72. The molecule has 0 aromatic heterocycles. The molecule has 0 N–H and O–H groups in total. The molecule has 132 valence electrons. The van der Waals surface area contributed by atoms with Crippen LogP contribution >= 0.6 is 11.8 Å². The normalized spacial score (nSPS) is 10.3. The second-order valence-electron chi connectivity index (χ2n) is 6.16. The van der Waals surface area contributed by atoms with Crippen molar-refractivity contribution in [2.45, 2.75) is 9.79 Å². The van der Waals surface area contributed by atoms with Crippen LogP contribution in [0.15, 0.2) is 107 Å². The van der Waals surface area contributed by atoms with Gasteiger partial charge in [-0.15, -0.1) is 0 Å². The van der Waals surface area contributed by atoms with Gasteiger partial charge in [0.25, 0.3) is 0 Å². The minimum atomic E-state index is -0.0794. The van der Waals surface area contributed by atoms with Crippen molar-refractivity contribution in [3.05, 3.63) is 97.1 Å². The summed E-state index contributed by atoms with van der Waals surface area (Å²) in [5.41, 5.74) is 4.01. The summed E-state index contributed by atoms with van der Waals surface area (Å²) in [5, 5.41) is 24.7. The molecule has 0 aliphatic rings. The smallest absolute Gasteiger partial charge is 0.872 e. The Hall–Kier alpha value is -3.00. The van der Waals surface area contributed by atoms with Gasteiger partial charge in [0.15, 0.2) is 0 Å². The molecule has 0 bridgehead atoms. The number of hydrogen-bond acceptors (Lipinski definition) is 3. The zero-order valence-electron chi connectivity index (χ0n) is 15.2. The standard InChI is InChI=1S/C24H18O2S.Be/c25-21-13-11-19(17-7-3-1-4-8-17)15-23(21)27-24-16-20(12-14-22(24)26)18-9-5-2-6-10-18;/h1-16,25-26H;/q;+2/p-2. The van der Waals surface area contributed by atoms with E-state index in [1.165, 1.54) is 11.8 Å². The maximum absolute atomic E-state index is 12.4. The molecule has 0 aliphatic heterocycles. The van der Waals surface area contributed by atoms with Gasteiger partial charge in [-0.05, 0) is 34.4 Å². The third-order valence-corrected chi connectivity index (χ3v) is 5.40. The molecule has 0 fully saturated rings. The molecule has 2 nitrogen and oxygen atoms in total. The van der Waals surface area contributed by atoms with Crippen molar-refractivity contribution in [3.8, 4) is 33.8 Å². The van der Waals surface area contributed by atoms with E-state index in [-0.39, 0.29) is 21.6 Å². The van der Waals surface area contributed by atoms with Crippen molar-refractivity contribution in [1.29, 1.82) is 0 Å². The summed E-state index contributed by atoms with van der Waals surface area (Å²) in [6.07, 6.45) is 0. The van der Waals surface area contributed by atoms with Crippen molar-refractivity contribution in [1.82, 2.24) is 0 Å².